The molecule has 18 heavy (non-hydrogen) atoms. The standard InChI is InChI=1S/C15H18N2O/c16-15(18)14(13-9-5-2-6-10-13)17-11-12-7-3-1-4-8-12/h1-9,13-14,17H,10-11H2,(H2,16,18). The zero-order valence-electron chi connectivity index (χ0n) is 10.3. The van der Waals surface area contributed by atoms with Crippen LogP contribution in [0.1, 0.15) is 12.0 Å². The summed E-state index contributed by atoms with van der Waals surface area (Å²) >= 11 is 0. The van der Waals surface area contributed by atoms with E-state index in [0.717, 1.165) is 12.0 Å². The van der Waals surface area contributed by atoms with Crippen molar-refractivity contribution >= 4 is 5.91 Å². The summed E-state index contributed by atoms with van der Waals surface area (Å²) in [5, 5.41) is 3.25. The summed E-state index contributed by atoms with van der Waals surface area (Å²) < 4.78 is 0. The van der Waals surface area contributed by atoms with Gasteiger partial charge in [-0.1, -0.05) is 54.6 Å². The first kappa shape index (κ1) is 12.6. The van der Waals surface area contributed by atoms with Crippen LogP contribution in [0.4, 0.5) is 0 Å². The van der Waals surface area contributed by atoms with E-state index in [9.17, 15) is 4.79 Å². The van der Waals surface area contributed by atoms with Gasteiger partial charge in [0.05, 0.1) is 6.04 Å². The number of hydrogen-bond acceptors (Lipinski definition) is 2. The van der Waals surface area contributed by atoms with Crippen molar-refractivity contribution < 1.29 is 4.79 Å². The highest BCUT2D eigenvalue weighted by Crippen LogP contribution is 2.16. The third-order valence-electron chi connectivity index (χ3n) is 3.12. The van der Waals surface area contributed by atoms with Crippen LogP contribution in [0, 0.1) is 5.92 Å². The van der Waals surface area contributed by atoms with Crippen LogP contribution < -0.4 is 11.1 Å². The molecular weight excluding hydrogens is 224 g/mol. The van der Waals surface area contributed by atoms with Crippen molar-refractivity contribution in [3.05, 3.63) is 60.2 Å². The SMILES string of the molecule is NC(=O)C(NCc1ccccc1)C1C=CC=CC1. The number of nitrogens with two attached hydrogens (primary N) is 1. The Hall–Kier alpha value is -1.87. The molecule has 2 rings (SSSR count). The molecule has 1 aromatic carbocycles. The molecule has 0 radical (unpaired) electrons. The first-order valence-electron chi connectivity index (χ1n) is 6.17. The third-order valence-corrected chi connectivity index (χ3v) is 3.12. The second-order valence-electron chi connectivity index (χ2n) is 4.46. The summed E-state index contributed by atoms with van der Waals surface area (Å²) in [5.74, 6) is -0.146. The maximum atomic E-state index is 11.5. The Morgan fingerprint density at radius 1 is 1.33 bits per heavy atom. The molecule has 0 aromatic heterocycles. The lowest BCUT2D eigenvalue weighted by Crippen LogP contribution is -2.45. The molecule has 2 unspecified atom stereocenters. The number of hydrogen-bond donors (Lipinski definition) is 2. The van der Waals surface area contributed by atoms with Gasteiger partial charge in [0.15, 0.2) is 0 Å². The number of carbonyl (C=O) groups is 1. The van der Waals surface area contributed by atoms with Gasteiger partial charge in [0, 0.05) is 12.5 Å². The zero-order chi connectivity index (χ0) is 12.8. The molecule has 0 aliphatic heterocycles. The van der Waals surface area contributed by atoms with Crippen LogP contribution in [0.5, 0.6) is 0 Å². The zero-order valence-corrected chi connectivity index (χ0v) is 10.3. The van der Waals surface area contributed by atoms with E-state index in [1.165, 1.54) is 0 Å². The third kappa shape index (κ3) is 3.31. The molecule has 1 aromatic rings. The van der Waals surface area contributed by atoms with Gasteiger partial charge in [-0.3, -0.25) is 4.79 Å². The molecule has 0 saturated carbocycles. The summed E-state index contributed by atoms with van der Waals surface area (Å²) in [5.41, 5.74) is 6.62. The highest BCUT2D eigenvalue weighted by molar-refractivity contribution is 5.80. The fourth-order valence-corrected chi connectivity index (χ4v) is 2.13. The second kappa shape index (κ2) is 6.17. The van der Waals surface area contributed by atoms with Gasteiger partial charge < -0.3 is 11.1 Å². The van der Waals surface area contributed by atoms with Crippen molar-refractivity contribution in [3.63, 3.8) is 0 Å². The van der Waals surface area contributed by atoms with E-state index in [-0.39, 0.29) is 17.9 Å². The van der Waals surface area contributed by atoms with Crippen LogP contribution >= 0.6 is 0 Å². The molecule has 0 fully saturated rings. The van der Waals surface area contributed by atoms with Gasteiger partial charge in [-0.05, 0) is 12.0 Å². The van der Waals surface area contributed by atoms with Crippen LogP contribution in [0.25, 0.3) is 0 Å². The first-order valence-corrected chi connectivity index (χ1v) is 6.17. The van der Waals surface area contributed by atoms with Gasteiger partial charge in [0.2, 0.25) is 5.91 Å². The predicted molar refractivity (Wildman–Crippen MR) is 72.7 cm³/mol. The second-order valence-corrected chi connectivity index (χ2v) is 4.46. The molecule has 1 aliphatic carbocycles. The molecule has 0 bridgehead atoms. The first-order chi connectivity index (χ1) is 8.77. The number of nitrogens with one attached hydrogen (secondary N) is 1. The Bertz CT molecular complexity index is 451. The fraction of sp³-hybridized carbons (Fsp3) is 0.267. The summed E-state index contributed by atoms with van der Waals surface area (Å²) in [4.78, 5) is 11.5. The van der Waals surface area contributed by atoms with Crippen molar-refractivity contribution in [2.24, 2.45) is 11.7 Å². The van der Waals surface area contributed by atoms with Crippen LogP contribution in [-0.4, -0.2) is 11.9 Å². The maximum absolute atomic E-state index is 11.5. The van der Waals surface area contributed by atoms with Gasteiger partial charge in [-0.15, -0.1) is 0 Å². The van der Waals surface area contributed by atoms with Crippen molar-refractivity contribution in [2.75, 3.05) is 0 Å². The quantitative estimate of drug-likeness (QED) is 0.826. The molecule has 94 valence electrons. The predicted octanol–water partition coefficient (Wildman–Crippen LogP) is 1.76. The number of primary amides is 1. The number of benzene rings is 1. The monoisotopic (exact) mass is 242 g/mol. The normalized spacial score (nSPS) is 19.7. The summed E-state index contributed by atoms with van der Waals surface area (Å²) in [7, 11) is 0. The molecule has 0 spiro atoms. The van der Waals surface area contributed by atoms with Crippen molar-refractivity contribution in [3.8, 4) is 0 Å². The fourth-order valence-electron chi connectivity index (χ4n) is 2.13. The highest BCUT2D eigenvalue weighted by Gasteiger charge is 2.23. The number of amides is 1. The molecule has 3 N–H and O–H groups in total. The van der Waals surface area contributed by atoms with Gasteiger partial charge in [-0.25, -0.2) is 0 Å². The van der Waals surface area contributed by atoms with E-state index >= 15 is 0 Å². The molecule has 1 amide bonds. The van der Waals surface area contributed by atoms with Gasteiger partial charge in [-0.2, -0.15) is 0 Å². The lowest BCUT2D eigenvalue weighted by atomic mass is 9.92. The Labute approximate surface area is 107 Å². The largest absolute Gasteiger partial charge is 0.368 e. The minimum Gasteiger partial charge on any atom is -0.368 e. The van der Waals surface area contributed by atoms with E-state index in [1.807, 2.05) is 48.6 Å². The lowest BCUT2D eigenvalue weighted by molar-refractivity contribution is -0.120. The van der Waals surface area contributed by atoms with Crippen molar-refractivity contribution in [1.82, 2.24) is 5.32 Å². The number of rotatable bonds is 5. The Kier molecular flexibility index (Phi) is 4.31. The molecule has 0 heterocycles. The molecule has 0 saturated heterocycles. The minimum absolute atomic E-state index is 0.149. The Morgan fingerprint density at radius 2 is 2.11 bits per heavy atom. The van der Waals surface area contributed by atoms with Crippen LogP contribution in [-0.2, 0) is 11.3 Å². The Balaban J connectivity index is 1.97. The van der Waals surface area contributed by atoms with Crippen LogP contribution in [0.15, 0.2) is 54.6 Å². The van der Waals surface area contributed by atoms with Gasteiger partial charge >= 0.3 is 0 Å². The average molecular weight is 242 g/mol. The van der Waals surface area contributed by atoms with Crippen LogP contribution in [0.3, 0.4) is 0 Å². The highest BCUT2D eigenvalue weighted by atomic mass is 16.1. The summed E-state index contributed by atoms with van der Waals surface area (Å²) in [6.07, 6.45) is 8.91. The van der Waals surface area contributed by atoms with E-state index in [4.69, 9.17) is 5.73 Å². The summed E-state index contributed by atoms with van der Waals surface area (Å²) in [6, 6.07) is 9.69. The number of allylic oxidation sites excluding steroid dienone is 3. The summed E-state index contributed by atoms with van der Waals surface area (Å²) in [6.45, 7) is 0.655. The average Bonchev–Trinajstić information content (AvgIpc) is 2.41. The van der Waals surface area contributed by atoms with E-state index in [0.29, 0.717) is 6.54 Å². The molecular formula is C15H18N2O. The number of carbonyl (C=O) groups excluding carboxylic acids is 1. The van der Waals surface area contributed by atoms with E-state index in [1.54, 1.807) is 0 Å². The van der Waals surface area contributed by atoms with Crippen molar-refractivity contribution in [2.45, 2.75) is 19.0 Å². The topological polar surface area (TPSA) is 55.1 Å². The van der Waals surface area contributed by atoms with Gasteiger partial charge in [0.1, 0.15) is 0 Å². The maximum Gasteiger partial charge on any atom is 0.235 e. The Morgan fingerprint density at radius 3 is 2.72 bits per heavy atom. The van der Waals surface area contributed by atoms with Crippen LogP contribution in [0.2, 0.25) is 0 Å². The molecule has 1 aliphatic rings. The van der Waals surface area contributed by atoms with Crippen molar-refractivity contribution in [1.29, 1.82) is 0 Å². The smallest absolute Gasteiger partial charge is 0.235 e. The molecule has 3 nitrogen and oxygen atoms in total. The van der Waals surface area contributed by atoms with Gasteiger partial charge in [0.25, 0.3) is 0 Å². The molecule has 2 atom stereocenters. The molecule has 3 heteroatoms. The lowest BCUT2D eigenvalue weighted by Gasteiger charge is -2.23. The minimum atomic E-state index is -0.314. The van der Waals surface area contributed by atoms with E-state index < -0.39 is 0 Å². The van der Waals surface area contributed by atoms with E-state index in [2.05, 4.69) is 11.4 Å².